The topological polar surface area (TPSA) is 87.2 Å². The summed E-state index contributed by atoms with van der Waals surface area (Å²) in [5.74, 6) is -0.630. The summed E-state index contributed by atoms with van der Waals surface area (Å²) < 4.78 is 30.8. The Balaban J connectivity index is 1.44. The van der Waals surface area contributed by atoms with Crippen LogP contribution in [-0.4, -0.2) is 85.5 Å². The zero-order chi connectivity index (χ0) is 22.2. The highest BCUT2D eigenvalue weighted by Gasteiger charge is 2.52. The van der Waals surface area contributed by atoms with E-state index in [2.05, 4.69) is 17.0 Å². The second kappa shape index (κ2) is 8.37. The minimum absolute atomic E-state index is 0.157. The summed E-state index contributed by atoms with van der Waals surface area (Å²) >= 11 is 0. The Labute approximate surface area is 183 Å². The Morgan fingerprint density at radius 1 is 1.03 bits per heavy atom. The normalized spacial score (nSPS) is 22.8. The molecule has 168 valence electrons. The van der Waals surface area contributed by atoms with Crippen molar-refractivity contribution in [1.29, 1.82) is 0 Å². The average Bonchev–Trinajstić information content (AvgIpc) is 2.98. The molecule has 1 aromatic carbocycles. The monoisotopic (exact) mass is 447 g/mol. The third-order valence-corrected chi connectivity index (χ3v) is 7.85. The number of ether oxygens (including phenoxy) is 1. The van der Waals surface area contributed by atoms with Gasteiger partial charge in [-0.3, -0.25) is 9.69 Å². The summed E-state index contributed by atoms with van der Waals surface area (Å²) in [6, 6.07) is 10.2. The molecule has 1 amide bonds. The molecule has 31 heavy (non-hydrogen) atoms. The van der Waals surface area contributed by atoms with Gasteiger partial charge in [-0.15, -0.1) is 0 Å². The van der Waals surface area contributed by atoms with Crippen molar-refractivity contribution in [1.82, 2.24) is 14.1 Å². The quantitative estimate of drug-likeness (QED) is 0.640. The molecule has 3 aliphatic heterocycles. The van der Waals surface area contributed by atoms with E-state index in [0.717, 1.165) is 19.6 Å². The Hall–Kier alpha value is -2.23. The van der Waals surface area contributed by atoms with E-state index in [9.17, 15) is 18.0 Å². The molecular weight excluding hydrogens is 418 g/mol. The van der Waals surface area contributed by atoms with Crippen LogP contribution < -0.4 is 0 Å². The number of benzene rings is 1. The molecular formula is C22H29N3O5S. The summed E-state index contributed by atoms with van der Waals surface area (Å²) in [5, 5.41) is 0. The molecule has 0 N–H and O–H groups in total. The predicted molar refractivity (Wildman–Crippen MR) is 115 cm³/mol. The van der Waals surface area contributed by atoms with Gasteiger partial charge in [-0.25, -0.2) is 17.5 Å². The number of sulfonamides is 1. The largest absolute Gasteiger partial charge is 0.450 e. The van der Waals surface area contributed by atoms with Gasteiger partial charge in [0, 0.05) is 64.2 Å². The van der Waals surface area contributed by atoms with Gasteiger partial charge in [0.15, 0.2) is 0 Å². The highest BCUT2D eigenvalue weighted by Crippen LogP contribution is 2.42. The number of piperidine rings is 1. The lowest BCUT2D eigenvalue weighted by atomic mass is 9.83. The summed E-state index contributed by atoms with van der Waals surface area (Å²) in [7, 11) is -3.31. The molecule has 0 saturated carbocycles. The van der Waals surface area contributed by atoms with Gasteiger partial charge in [-0.2, -0.15) is 0 Å². The van der Waals surface area contributed by atoms with E-state index in [0.29, 0.717) is 37.1 Å². The van der Waals surface area contributed by atoms with Crippen LogP contribution >= 0.6 is 0 Å². The molecule has 2 fully saturated rings. The van der Waals surface area contributed by atoms with Crippen molar-refractivity contribution < 1.29 is 22.7 Å². The summed E-state index contributed by atoms with van der Waals surface area (Å²) in [6.45, 7) is 5.65. The van der Waals surface area contributed by atoms with Gasteiger partial charge in [0.1, 0.15) is 5.60 Å². The molecule has 9 heteroatoms. The first-order valence-corrected chi connectivity index (χ1v) is 12.5. The number of hydrogen-bond acceptors (Lipinski definition) is 6. The van der Waals surface area contributed by atoms with Crippen LogP contribution in [0.2, 0.25) is 0 Å². The van der Waals surface area contributed by atoms with Gasteiger partial charge >= 0.3 is 5.97 Å². The van der Waals surface area contributed by atoms with Crippen molar-refractivity contribution >= 4 is 21.9 Å². The molecule has 3 aliphatic rings. The molecule has 2 saturated heterocycles. The second-order valence-electron chi connectivity index (χ2n) is 8.60. The first-order valence-electron chi connectivity index (χ1n) is 10.6. The third-order valence-electron chi connectivity index (χ3n) is 6.55. The average molecular weight is 448 g/mol. The van der Waals surface area contributed by atoms with E-state index >= 15 is 0 Å². The first kappa shape index (κ1) is 22.0. The van der Waals surface area contributed by atoms with Gasteiger partial charge in [-0.05, 0) is 12.5 Å². The number of amides is 1. The van der Waals surface area contributed by atoms with Crippen molar-refractivity contribution in [3.63, 3.8) is 0 Å². The van der Waals surface area contributed by atoms with Crippen LogP contribution in [0.4, 0.5) is 0 Å². The van der Waals surface area contributed by atoms with Crippen molar-refractivity contribution in [2.45, 2.75) is 31.9 Å². The van der Waals surface area contributed by atoms with Crippen LogP contribution in [0.15, 0.2) is 41.5 Å². The number of piperazine rings is 1. The van der Waals surface area contributed by atoms with E-state index in [1.807, 2.05) is 18.2 Å². The molecule has 1 aromatic rings. The van der Waals surface area contributed by atoms with E-state index in [1.54, 1.807) is 11.8 Å². The number of esters is 1. The van der Waals surface area contributed by atoms with E-state index < -0.39 is 21.6 Å². The fourth-order valence-corrected chi connectivity index (χ4v) is 5.59. The molecule has 3 heterocycles. The Bertz CT molecular complexity index is 989. The highest BCUT2D eigenvalue weighted by molar-refractivity contribution is 7.88. The van der Waals surface area contributed by atoms with Crippen LogP contribution in [0, 0.1) is 0 Å². The minimum Gasteiger partial charge on any atom is -0.450 e. The van der Waals surface area contributed by atoms with Crippen molar-refractivity contribution in [2.24, 2.45) is 0 Å². The number of carbonyl (C=O) groups is 2. The first-order chi connectivity index (χ1) is 14.7. The van der Waals surface area contributed by atoms with E-state index in [-0.39, 0.29) is 19.0 Å². The van der Waals surface area contributed by atoms with Crippen molar-refractivity contribution in [3.05, 3.63) is 47.0 Å². The number of nitrogens with zero attached hydrogens (tertiary/aromatic N) is 3. The van der Waals surface area contributed by atoms with Gasteiger partial charge in [0.05, 0.1) is 11.8 Å². The third kappa shape index (κ3) is 4.40. The SMILES string of the molecule is CC1=C(C(=O)N2CCN(Cc3ccccc3)CC2)C2(CCN(S(C)(=O)=O)CC2)OC1=O. The Kier molecular flexibility index (Phi) is 5.93. The Morgan fingerprint density at radius 2 is 1.65 bits per heavy atom. The van der Waals surface area contributed by atoms with E-state index in [1.165, 1.54) is 16.1 Å². The molecule has 0 bridgehead atoms. The minimum atomic E-state index is -3.31. The zero-order valence-corrected chi connectivity index (χ0v) is 18.9. The summed E-state index contributed by atoms with van der Waals surface area (Å²) in [6.07, 6.45) is 1.78. The lowest BCUT2D eigenvalue weighted by Crippen LogP contribution is -2.53. The summed E-state index contributed by atoms with van der Waals surface area (Å²) in [4.78, 5) is 30.0. The smallest absolute Gasteiger partial charge is 0.335 e. The highest BCUT2D eigenvalue weighted by atomic mass is 32.2. The molecule has 0 aromatic heterocycles. The summed E-state index contributed by atoms with van der Waals surface area (Å²) in [5.41, 5.74) is 1.000. The van der Waals surface area contributed by atoms with E-state index in [4.69, 9.17) is 4.74 Å². The second-order valence-corrected chi connectivity index (χ2v) is 10.6. The van der Waals surface area contributed by atoms with Crippen LogP contribution in [-0.2, 0) is 30.9 Å². The lowest BCUT2D eigenvalue weighted by molar-refractivity contribution is -0.150. The predicted octanol–water partition coefficient (Wildman–Crippen LogP) is 0.998. The zero-order valence-electron chi connectivity index (χ0n) is 18.0. The van der Waals surface area contributed by atoms with Crippen LogP contribution in [0.25, 0.3) is 0 Å². The van der Waals surface area contributed by atoms with Gasteiger partial charge in [0.25, 0.3) is 5.91 Å². The number of rotatable bonds is 4. The van der Waals surface area contributed by atoms with Gasteiger partial charge in [0.2, 0.25) is 10.0 Å². The van der Waals surface area contributed by atoms with Crippen LogP contribution in [0.5, 0.6) is 0 Å². The number of hydrogen-bond donors (Lipinski definition) is 0. The molecule has 4 rings (SSSR count). The maximum Gasteiger partial charge on any atom is 0.335 e. The van der Waals surface area contributed by atoms with Gasteiger partial charge in [-0.1, -0.05) is 30.3 Å². The molecule has 8 nitrogen and oxygen atoms in total. The molecule has 0 unspecified atom stereocenters. The van der Waals surface area contributed by atoms with Crippen molar-refractivity contribution in [3.8, 4) is 0 Å². The number of carbonyl (C=O) groups excluding carboxylic acids is 2. The lowest BCUT2D eigenvalue weighted by Gasteiger charge is -2.40. The van der Waals surface area contributed by atoms with Crippen LogP contribution in [0.1, 0.15) is 25.3 Å². The molecule has 0 atom stereocenters. The fourth-order valence-electron chi connectivity index (χ4n) is 4.74. The maximum absolute atomic E-state index is 13.5. The Morgan fingerprint density at radius 3 is 2.23 bits per heavy atom. The van der Waals surface area contributed by atoms with Crippen LogP contribution in [0.3, 0.4) is 0 Å². The van der Waals surface area contributed by atoms with Gasteiger partial charge < -0.3 is 9.64 Å². The standard InChI is InChI=1S/C22H29N3O5S/c1-17-19(22(30-21(17)27)8-10-25(11-9-22)31(2,28)29)20(26)24-14-12-23(13-15-24)16-18-6-4-3-5-7-18/h3-7H,8-16H2,1-2H3. The molecule has 0 radical (unpaired) electrons. The molecule has 1 spiro atoms. The maximum atomic E-state index is 13.5. The van der Waals surface area contributed by atoms with Crippen molar-refractivity contribution in [2.75, 3.05) is 45.5 Å². The molecule has 0 aliphatic carbocycles. The fraction of sp³-hybridized carbons (Fsp3) is 0.545.